The summed E-state index contributed by atoms with van der Waals surface area (Å²) in [5.41, 5.74) is 0.0641. The van der Waals surface area contributed by atoms with Crippen LogP contribution in [-0.2, 0) is 6.54 Å². The molecule has 1 N–H and O–H groups in total. The van der Waals surface area contributed by atoms with E-state index in [-0.39, 0.29) is 11.4 Å². The smallest absolute Gasteiger partial charge is 0.280 e. The van der Waals surface area contributed by atoms with Crippen molar-refractivity contribution in [2.24, 2.45) is 0 Å². The van der Waals surface area contributed by atoms with Gasteiger partial charge in [0.1, 0.15) is 0 Å². The Morgan fingerprint density at radius 1 is 1.35 bits per heavy atom. The maximum Gasteiger partial charge on any atom is 0.280 e. The molecule has 0 spiro atoms. The van der Waals surface area contributed by atoms with Gasteiger partial charge in [0.25, 0.3) is 11.4 Å². The Hall–Kier alpha value is -2.06. The number of piperazine rings is 1. The molecule has 108 valence electrons. The van der Waals surface area contributed by atoms with E-state index in [1.54, 1.807) is 0 Å². The zero-order valence-electron chi connectivity index (χ0n) is 11.1. The zero-order chi connectivity index (χ0) is 14.7. The number of hydrogen-bond donors (Lipinski definition) is 1. The van der Waals surface area contributed by atoms with Crippen molar-refractivity contribution < 1.29 is 9.85 Å². The molecule has 2 rings (SSSR count). The van der Waals surface area contributed by atoms with Crippen LogP contribution in [0.25, 0.3) is 0 Å². The number of nitro groups is 2. The van der Waals surface area contributed by atoms with Crippen molar-refractivity contribution in [1.29, 1.82) is 0 Å². The molecule has 0 aromatic heterocycles. The molecular weight excluding hydrogens is 264 g/mol. The molecule has 0 bridgehead atoms. The number of non-ortho nitro benzene ring substituents is 1. The molecule has 0 amide bonds. The van der Waals surface area contributed by atoms with Gasteiger partial charge in [0.05, 0.1) is 15.9 Å². The molecule has 8 nitrogen and oxygen atoms in total. The first-order chi connectivity index (χ1) is 9.47. The molecule has 0 radical (unpaired) electrons. The first kappa shape index (κ1) is 14.4. The van der Waals surface area contributed by atoms with E-state index in [1.807, 2.05) is 0 Å². The lowest BCUT2D eigenvalue weighted by molar-refractivity contribution is -0.394. The second-order valence-electron chi connectivity index (χ2n) is 4.92. The number of nitro benzene ring substituents is 2. The Bertz CT molecular complexity index is 534. The van der Waals surface area contributed by atoms with Crippen LogP contribution in [0.2, 0.25) is 0 Å². The van der Waals surface area contributed by atoms with E-state index >= 15 is 0 Å². The average molecular weight is 280 g/mol. The summed E-state index contributed by atoms with van der Waals surface area (Å²) in [6, 6.07) is 4.15. The van der Waals surface area contributed by atoms with Gasteiger partial charge in [-0.15, -0.1) is 0 Å². The van der Waals surface area contributed by atoms with Gasteiger partial charge in [-0.05, 0) is 13.0 Å². The number of rotatable bonds is 4. The minimum Gasteiger partial charge on any atom is -0.312 e. The summed E-state index contributed by atoms with van der Waals surface area (Å²) in [6.45, 7) is 4.92. The van der Waals surface area contributed by atoms with Crippen molar-refractivity contribution in [3.05, 3.63) is 44.0 Å². The van der Waals surface area contributed by atoms with E-state index in [2.05, 4.69) is 17.1 Å². The molecule has 1 aliphatic rings. The number of nitrogens with one attached hydrogen (secondary N) is 1. The summed E-state index contributed by atoms with van der Waals surface area (Å²) in [5, 5.41) is 25.0. The Balaban J connectivity index is 2.22. The molecule has 8 heteroatoms. The predicted molar refractivity (Wildman–Crippen MR) is 72.5 cm³/mol. The summed E-state index contributed by atoms with van der Waals surface area (Å²) in [4.78, 5) is 22.7. The number of hydrogen-bond acceptors (Lipinski definition) is 6. The molecule has 1 unspecified atom stereocenters. The van der Waals surface area contributed by atoms with Crippen molar-refractivity contribution in [3.8, 4) is 0 Å². The average Bonchev–Trinajstić information content (AvgIpc) is 2.38. The summed E-state index contributed by atoms with van der Waals surface area (Å²) in [6.07, 6.45) is 0. The lowest BCUT2D eigenvalue weighted by Crippen LogP contribution is -2.48. The number of nitrogens with zero attached hydrogens (tertiary/aromatic N) is 3. The third kappa shape index (κ3) is 3.28. The summed E-state index contributed by atoms with van der Waals surface area (Å²) < 4.78 is 0. The summed E-state index contributed by atoms with van der Waals surface area (Å²) >= 11 is 0. The maximum absolute atomic E-state index is 11.1. The summed E-state index contributed by atoms with van der Waals surface area (Å²) in [7, 11) is 0. The quantitative estimate of drug-likeness (QED) is 0.658. The Labute approximate surface area is 115 Å². The number of benzene rings is 1. The van der Waals surface area contributed by atoms with Crippen LogP contribution in [0.3, 0.4) is 0 Å². The van der Waals surface area contributed by atoms with Crippen LogP contribution in [0, 0.1) is 20.2 Å². The van der Waals surface area contributed by atoms with E-state index in [0.29, 0.717) is 18.2 Å². The molecule has 1 heterocycles. The van der Waals surface area contributed by atoms with E-state index in [9.17, 15) is 20.2 Å². The van der Waals surface area contributed by atoms with Gasteiger partial charge in [0.2, 0.25) is 0 Å². The van der Waals surface area contributed by atoms with Crippen LogP contribution >= 0.6 is 0 Å². The predicted octanol–water partition coefficient (Wildman–Crippen LogP) is 1.30. The highest BCUT2D eigenvalue weighted by Gasteiger charge is 2.23. The molecule has 0 aliphatic carbocycles. The van der Waals surface area contributed by atoms with Gasteiger partial charge >= 0.3 is 0 Å². The minimum atomic E-state index is -0.621. The van der Waals surface area contributed by atoms with Gasteiger partial charge in [-0.25, -0.2) is 0 Å². The fourth-order valence-corrected chi connectivity index (χ4v) is 2.37. The highest BCUT2D eigenvalue weighted by atomic mass is 16.6. The highest BCUT2D eigenvalue weighted by Crippen LogP contribution is 2.26. The van der Waals surface area contributed by atoms with Crippen molar-refractivity contribution in [1.82, 2.24) is 10.2 Å². The maximum atomic E-state index is 11.1. The fraction of sp³-hybridized carbons (Fsp3) is 0.500. The van der Waals surface area contributed by atoms with E-state index < -0.39 is 9.85 Å². The van der Waals surface area contributed by atoms with Crippen LogP contribution in [0.5, 0.6) is 0 Å². The molecule has 1 aromatic rings. The van der Waals surface area contributed by atoms with Crippen LogP contribution in [-0.4, -0.2) is 40.4 Å². The monoisotopic (exact) mass is 280 g/mol. The Morgan fingerprint density at radius 3 is 2.70 bits per heavy atom. The molecule has 1 saturated heterocycles. The Kier molecular flexibility index (Phi) is 4.26. The van der Waals surface area contributed by atoms with Gasteiger partial charge in [-0.2, -0.15) is 0 Å². The second kappa shape index (κ2) is 5.93. The van der Waals surface area contributed by atoms with Gasteiger partial charge < -0.3 is 5.32 Å². The lowest BCUT2D eigenvalue weighted by Gasteiger charge is -2.31. The molecule has 20 heavy (non-hydrogen) atoms. The minimum absolute atomic E-state index is 0.189. The first-order valence-corrected chi connectivity index (χ1v) is 6.35. The van der Waals surface area contributed by atoms with Crippen LogP contribution in [0.4, 0.5) is 11.4 Å². The molecule has 1 aliphatic heterocycles. The molecule has 0 saturated carbocycles. The van der Waals surface area contributed by atoms with Crippen molar-refractivity contribution in [3.63, 3.8) is 0 Å². The van der Waals surface area contributed by atoms with Gasteiger partial charge in [-0.1, -0.05) is 0 Å². The molecule has 1 fully saturated rings. The van der Waals surface area contributed by atoms with Crippen LogP contribution in [0.15, 0.2) is 18.2 Å². The highest BCUT2D eigenvalue weighted by molar-refractivity contribution is 5.49. The van der Waals surface area contributed by atoms with Crippen molar-refractivity contribution in [2.75, 3.05) is 19.6 Å². The van der Waals surface area contributed by atoms with Crippen LogP contribution in [0.1, 0.15) is 12.5 Å². The van der Waals surface area contributed by atoms with Gasteiger partial charge in [-0.3, -0.25) is 25.1 Å². The van der Waals surface area contributed by atoms with Gasteiger partial charge in [0.15, 0.2) is 0 Å². The largest absolute Gasteiger partial charge is 0.312 e. The molecular formula is C12H16N4O4. The van der Waals surface area contributed by atoms with Crippen molar-refractivity contribution in [2.45, 2.75) is 19.5 Å². The zero-order valence-corrected chi connectivity index (χ0v) is 11.1. The van der Waals surface area contributed by atoms with E-state index in [0.717, 1.165) is 25.7 Å². The lowest BCUT2D eigenvalue weighted by atomic mass is 10.1. The fourth-order valence-electron chi connectivity index (χ4n) is 2.37. The molecule has 1 atom stereocenters. The molecule has 1 aromatic carbocycles. The second-order valence-corrected chi connectivity index (χ2v) is 4.92. The van der Waals surface area contributed by atoms with E-state index in [4.69, 9.17) is 0 Å². The first-order valence-electron chi connectivity index (χ1n) is 6.35. The third-order valence-corrected chi connectivity index (χ3v) is 3.32. The van der Waals surface area contributed by atoms with Crippen molar-refractivity contribution >= 4 is 11.4 Å². The van der Waals surface area contributed by atoms with Crippen LogP contribution < -0.4 is 5.32 Å². The van der Waals surface area contributed by atoms with E-state index in [1.165, 1.54) is 12.1 Å². The topological polar surface area (TPSA) is 102 Å². The summed E-state index contributed by atoms with van der Waals surface area (Å²) in [5.74, 6) is 0. The standard InChI is InChI=1S/C12H16N4O4/c1-9-7-14(5-4-13-9)8-10-2-3-11(15(17)18)6-12(10)16(19)20/h2-3,6,9,13H,4-5,7-8H2,1H3. The third-order valence-electron chi connectivity index (χ3n) is 3.32. The normalized spacial score (nSPS) is 19.8. The SMILES string of the molecule is CC1CN(Cc2ccc([N+](=O)[O-])cc2[N+](=O)[O-])CCN1. The Morgan fingerprint density at radius 2 is 2.10 bits per heavy atom. The van der Waals surface area contributed by atoms with Gasteiger partial charge in [0, 0.05) is 43.9 Å².